The molecule has 1 aromatic rings. The lowest BCUT2D eigenvalue weighted by atomic mass is 10.2. The van der Waals surface area contributed by atoms with Gasteiger partial charge in [0.25, 0.3) is 0 Å². The Balaban J connectivity index is 3.15. The Kier molecular flexibility index (Phi) is 5.11. The summed E-state index contributed by atoms with van der Waals surface area (Å²) < 4.78 is 3.29. The van der Waals surface area contributed by atoms with Gasteiger partial charge in [0.1, 0.15) is 0 Å². The topological polar surface area (TPSA) is 37.3 Å². The van der Waals surface area contributed by atoms with E-state index in [0.29, 0.717) is 0 Å². The zero-order valence-electron chi connectivity index (χ0n) is 6.80. The van der Waals surface area contributed by atoms with Crippen molar-refractivity contribution < 1.29 is 9.90 Å². The van der Waals surface area contributed by atoms with E-state index >= 15 is 0 Å². The van der Waals surface area contributed by atoms with Crippen molar-refractivity contribution >= 4 is 79.8 Å². The number of aliphatic carboxylic acids is 1. The Labute approximate surface area is 123 Å². The molecule has 0 atom stereocenters. The minimum absolute atomic E-state index is 0.921. The molecule has 5 heteroatoms. The maximum Gasteiger partial charge on any atom is 0.328 e. The highest BCUT2D eigenvalue weighted by Crippen LogP contribution is 2.23. The van der Waals surface area contributed by atoms with Gasteiger partial charge in [-0.2, -0.15) is 0 Å². The quantitative estimate of drug-likeness (QED) is 0.473. The fraction of sp³-hybridized carbons (Fsp3) is 0. The molecule has 0 aliphatic carbocycles. The van der Waals surface area contributed by atoms with E-state index in [2.05, 4.69) is 67.8 Å². The molecular weight excluding hydrogens is 521 g/mol. The fourth-order valence-corrected chi connectivity index (χ4v) is 4.81. The summed E-state index contributed by atoms with van der Waals surface area (Å²) in [6.07, 6.45) is 2.79. The second-order valence-electron chi connectivity index (χ2n) is 2.45. The number of carboxylic acids is 1. The number of halogens is 3. The maximum atomic E-state index is 10.4. The SMILES string of the molecule is O=C(O)/C=C/c1c(I)cc(I)cc1I. The van der Waals surface area contributed by atoms with Crippen LogP contribution in [0.2, 0.25) is 0 Å². The number of hydrogen-bond donors (Lipinski definition) is 1. The highest BCUT2D eigenvalue weighted by molar-refractivity contribution is 14.1. The average Bonchev–Trinajstić information content (AvgIpc) is 2.01. The van der Waals surface area contributed by atoms with Crippen molar-refractivity contribution in [1.29, 1.82) is 0 Å². The molecule has 0 spiro atoms. The second-order valence-corrected chi connectivity index (χ2v) is 6.02. The molecule has 2 nitrogen and oxygen atoms in total. The van der Waals surface area contributed by atoms with Gasteiger partial charge in [-0.3, -0.25) is 0 Å². The van der Waals surface area contributed by atoms with Crippen molar-refractivity contribution in [3.63, 3.8) is 0 Å². The van der Waals surface area contributed by atoms with Crippen LogP contribution in [0, 0.1) is 10.7 Å². The lowest BCUT2D eigenvalue weighted by Crippen LogP contribution is -1.90. The third-order valence-electron chi connectivity index (χ3n) is 1.44. The molecule has 1 N–H and O–H groups in total. The van der Waals surface area contributed by atoms with Crippen LogP contribution in [-0.2, 0) is 4.79 Å². The van der Waals surface area contributed by atoms with E-state index in [9.17, 15) is 4.79 Å². The first-order valence-electron chi connectivity index (χ1n) is 3.56. The van der Waals surface area contributed by atoms with Gasteiger partial charge < -0.3 is 5.11 Å². The van der Waals surface area contributed by atoms with Gasteiger partial charge in [0.2, 0.25) is 0 Å². The first kappa shape index (κ1) is 12.7. The molecule has 0 aromatic heterocycles. The average molecular weight is 526 g/mol. The molecule has 0 unspecified atom stereocenters. The molecule has 0 amide bonds. The largest absolute Gasteiger partial charge is 0.478 e. The highest BCUT2D eigenvalue weighted by atomic mass is 127. The molecule has 14 heavy (non-hydrogen) atoms. The number of carbonyl (C=O) groups is 1. The van der Waals surface area contributed by atoms with Crippen LogP contribution in [0.1, 0.15) is 5.56 Å². The van der Waals surface area contributed by atoms with Crippen molar-refractivity contribution in [3.05, 3.63) is 34.5 Å². The predicted octanol–water partition coefficient (Wildman–Crippen LogP) is 3.60. The van der Waals surface area contributed by atoms with Gasteiger partial charge in [-0.05, 0) is 86.0 Å². The van der Waals surface area contributed by atoms with Gasteiger partial charge in [0.05, 0.1) is 0 Å². The standard InChI is InChI=1S/C9H5I3O2/c10-5-3-7(11)6(8(12)4-5)1-2-9(13)14/h1-4H,(H,13,14)/b2-1+. The molecule has 1 rings (SSSR count). The van der Waals surface area contributed by atoms with Crippen molar-refractivity contribution in [1.82, 2.24) is 0 Å². The zero-order chi connectivity index (χ0) is 10.7. The third kappa shape index (κ3) is 3.65. The summed E-state index contributed by atoms with van der Waals surface area (Å²) in [5.74, 6) is -0.921. The van der Waals surface area contributed by atoms with E-state index in [1.54, 1.807) is 6.08 Å². The minimum Gasteiger partial charge on any atom is -0.478 e. The summed E-state index contributed by atoms with van der Waals surface area (Å²) >= 11 is 6.65. The number of rotatable bonds is 2. The predicted molar refractivity (Wildman–Crippen MR) is 81.3 cm³/mol. The summed E-state index contributed by atoms with van der Waals surface area (Å²) in [6.45, 7) is 0. The van der Waals surface area contributed by atoms with Crippen molar-refractivity contribution in [2.24, 2.45) is 0 Å². The monoisotopic (exact) mass is 526 g/mol. The molecule has 0 radical (unpaired) electrons. The summed E-state index contributed by atoms with van der Waals surface area (Å²) in [5, 5.41) is 8.52. The highest BCUT2D eigenvalue weighted by Gasteiger charge is 2.03. The normalized spacial score (nSPS) is 10.8. The molecule has 0 saturated carbocycles. The number of benzene rings is 1. The minimum atomic E-state index is -0.921. The molecule has 0 fully saturated rings. The van der Waals surface area contributed by atoms with Crippen LogP contribution < -0.4 is 0 Å². The van der Waals surface area contributed by atoms with Crippen LogP contribution in [0.4, 0.5) is 0 Å². The molecule has 0 heterocycles. The van der Waals surface area contributed by atoms with E-state index in [4.69, 9.17) is 5.11 Å². The summed E-state index contributed by atoms with van der Waals surface area (Å²) in [5.41, 5.74) is 0.967. The van der Waals surface area contributed by atoms with Crippen molar-refractivity contribution in [3.8, 4) is 0 Å². The summed E-state index contributed by atoms with van der Waals surface area (Å²) in [6, 6.07) is 4.04. The van der Waals surface area contributed by atoms with E-state index in [1.807, 2.05) is 12.1 Å². The van der Waals surface area contributed by atoms with Gasteiger partial charge in [-0.15, -0.1) is 0 Å². The van der Waals surface area contributed by atoms with Crippen LogP contribution in [0.5, 0.6) is 0 Å². The molecule has 0 bridgehead atoms. The van der Waals surface area contributed by atoms with Crippen LogP contribution in [0.25, 0.3) is 6.08 Å². The number of hydrogen-bond acceptors (Lipinski definition) is 1. The van der Waals surface area contributed by atoms with Gasteiger partial charge >= 0.3 is 5.97 Å². The molecule has 0 aliphatic heterocycles. The Morgan fingerprint density at radius 2 is 1.71 bits per heavy atom. The van der Waals surface area contributed by atoms with Gasteiger partial charge in [-0.25, -0.2) is 4.79 Å². The van der Waals surface area contributed by atoms with E-state index in [-0.39, 0.29) is 0 Å². The molecule has 1 aromatic carbocycles. The second kappa shape index (κ2) is 5.64. The lowest BCUT2D eigenvalue weighted by Gasteiger charge is -2.02. The maximum absolute atomic E-state index is 10.4. The van der Waals surface area contributed by atoms with Crippen LogP contribution >= 0.6 is 67.8 Å². The molecule has 0 aliphatic rings. The molecular formula is C9H5I3O2. The Hall–Kier alpha value is 0.620. The van der Waals surface area contributed by atoms with Crippen LogP contribution in [0.15, 0.2) is 18.2 Å². The lowest BCUT2D eigenvalue weighted by molar-refractivity contribution is -0.131. The molecule has 74 valence electrons. The summed E-state index contributed by atoms with van der Waals surface area (Å²) in [7, 11) is 0. The van der Waals surface area contributed by atoms with E-state index < -0.39 is 5.97 Å². The van der Waals surface area contributed by atoms with Crippen LogP contribution in [-0.4, -0.2) is 11.1 Å². The fourth-order valence-electron chi connectivity index (χ4n) is 0.867. The van der Waals surface area contributed by atoms with Crippen molar-refractivity contribution in [2.75, 3.05) is 0 Å². The summed E-state index contributed by atoms with van der Waals surface area (Å²) in [4.78, 5) is 10.4. The first-order chi connectivity index (χ1) is 6.50. The third-order valence-corrected chi connectivity index (χ3v) is 3.84. The van der Waals surface area contributed by atoms with Gasteiger partial charge in [0, 0.05) is 22.4 Å². The van der Waals surface area contributed by atoms with Gasteiger partial charge in [0.15, 0.2) is 0 Å². The molecule has 0 saturated heterocycles. The van der Waals surface area contributed by atoms with E-state index in [1.165, 1.54) is 0 Å². The number of carboxylic acid groups (broad SMARTS) is 1. The first-order valence-corrected chi connectivity index (χ1v) is 6.80. The zero-order valence-corrected chi connectivity index (χ0v) is 13.3. The van der Waals surface area contributed by atoms with Crippen molar-refractivity contribution in [2.45, 2.75) is 0 Å². The smallest absolute Gasteiger partial charge is 0.328 e. The van der Waals surface area contributed by atoms with Gasteiger partial charge in [-0.1, -0.05) is 0 Å². The Morgan fingerprint density at radius 3 is 2.14 bits per heavy atom. The Bertz CT molecular complexity index is 376. The van der Waals surface area contributed by atoms with Crippen LogP contribution in [0.3, 0.4) is 0 Å². The van der Waals surface area contributed by atoms with E-state index in [0.717, 1.165) is 22.4 Å². The Morgan fingerprint density at radius 1 is 1.21 bits per heavy atom.